The van der Waals surface area contributed by atoms with E-state index in [2.05, 4.69) is 16.8 Å². The molecule has 1 saturated heterocycles. The van der Waals surface area contributed by atoms with Crippen LogP contribution in [0, 0.1) is 5.82 Å². The molecule has 158 valence electrons. The summed E-state index contributed by atoms with van der Waals surface area (Å²) in [6.07, 6.45) is 0. The van der Waals surface area contributed by atoms with Crippen LogP contribution in [0.2, 0.25) is 0 Å². The number of nitrogen functional groups attached to an aromatic ring is 1. The molecule has 0 saturated carbocycles. The fraction of sp³-hybridized carbons (Fsp3) is 0.261. The molecule has 2 N–H and O–H groups in total. The van der Waals surface area contributed by atoms with Crippen molar-refractivity contribution in [1.82, 2.24) is 24.6 Å². The van der Waals surface area contributed by atoms with Crippen molar-refractivity contribution in [2.75, 3.05) is 43.9 Å². The third-order valence-electron chi connectivity index (χ3n) is 5.69. The highest BCUT2D eigenvalue weighted by molar-refractivity contribution is 5.99. The smallest absolute Gasteiger partial charge is 0.228 e. The maximum Gasteiger partial charge on any atom is 0.228 e. The molecule has 0 spiro atoms. The van der Waals surface area contributed by atoms with Crippen LogP contribution in [0.4, 0.5) is 16.2 Å². The summed E-state index contributed by atoms with van der Waals surface area (Å²) >= 11 is 0. The molecule has 1 aliphatic heterocycles. The minimum Gasteiger partial charge on any atom is -0.383 e. The molecule has 4 aromatic rings. The van der Waals surface area contributed by atoms with Crippen LogP contribution in [0.15, 0.2) is 54.6 Å². The van der Waals surface area contributed by atoms with Gasteiger partial charge in [-0.3, -0.25) is 0 Å². The lowest BCUT2D eigenvalue weighted by Gasteiger charge is -2.32. The van der Waals surface area contributed by atoms with E-state index in [0.717, 1.165) is 31.7 Å². The van der Waals surface area contributed by atoms with E-state index in [0.29, 0.717) is 40.6 Å². The van der Waals surface area contributed by atoms with Gasteiger partial charge in [-0.05, 0) is 24.7 Å². The predicted molar refractivity (Wildman–Crippen MR) is 120 cm³/mol. The molecule has 1 fully saturated rings. The molecule has 5 rings (SSSR count). The molecule has 0 aliphatic carbocycles. The van der Waals surface area contributed by atoms with E-state index in [9.17, 15) is 4.39 Å². The summed E-state index contributed by atoms with van der Waals surface area (Å²) in [4.78, 5) is 14.0. The van der Waals surface area contributed by atoms with Crippen molar-refractivity contribution >= 4 is 22.8 Å². The van der Waals surface area contributed by atoms with Gasteiger partial charge in [0.2, 0.25) is 5.95 Å². The van der Waals surface area contributed by atoms with Gasteiger partial charge in [-0.2, -0.15) is 4.98 Å². The van der Waals surface area contributed by atoms with Crippen molar-refractivity contribution < 1.29 is 4.39 Å². The van der Waals surface area contributed by atoms with Crippen LogP contribution < -0.4 is 10.6 Å². The standard InChI is InChI=1S/C23H24FN7/c1-29-10-12-30(13-11-29)23-26-20(17-8-5-9-18(24)14-17)19-21(25)31(28-22(19)27-23)15-16-6-3-2-4-7-16/h2-9,14H,10-13,15,25H2,1H3. The fourth-order valence-corrected chi connectivity index (χ4v) is 3.91. The number of aromatic nitrogens is 4. The Morgan fingerprint density at radius 1 is 0.968 bits per heavy atom. The Morgan fingerprint density at radius 2 is 1.74 bits per heavy atom. The van der Waals surface area contributed by atoms with E-state index >= 15 is 0 Å². The summed E-state index contributed by atoms with van der Waals surface area (Å²) in [5.41, 5.74) is 9.39. The van der Waals surface area contributed by atoms with Crippen LogP contribution in [0.1, 0.15) is 5.56 Å². The van der Waals surface area contributed by atoms with E-state index in [-0.39, 0.29) is 5.82 Å². The Kier molecular flexibility index (Phi) is 4.99. The van der Waals surface area contributed by atoms with E-state index < -0.39 is 0 Å². The number of hydrogen-bond acceptors (Lipinski definition) is 6. The molecule has 31 heavy (non-hydrogen) atoms. The second-order valence-electron chi connectivity index (χ2n) is 7.90. The van der Waals surface area contributed by atoms with Gasteiger partial charge in [-0.15, -0.1) is 5.10 Å². The molecule has 1 aliphatic rings. The normalized spacial score (nSPS) is 15.0. The zero-order valence-corrected chi connectivity index (χ0v) is 17.4. The highest BCUT2D eigenvalue weighted by Crippen LogP contribution is 2.33. The minimum absolute atomic E-state index is 0.319. The SMILES string of the molecule is CN1CCN(c2nc(-c3cccc(F)c3)c3c(N)n(Cc4ccccc4)nc3n2)CC1. The summed E-state index contributed by atoms with van der Waals surface area (Å²) in [7, 11) is 2.10. The molecule has 0 atom stereocenters. The van der Waals surface area contributed by atoms with Crippen LogP contribution in [-0.2, 0) is 6.54 Å². The molecule has 0 bridgehead atoms. The van der Waals surface area contributed by atoms with Crippen molar-refractivity contribution in [2.45, 2.75) is 6.54 Å². The lowest BCUT2D eigenvalue weighted by Crippen LogP contribution is -2.45. The Bertz CT molecular complexity index is 1210. The van der Waals surface area contributed by atoms with Crippen LogP contribution in [-0.4, -0.2) is 57.9 Å². The van der Waals surface area contributed by atoms with Crippen LogP contribution in [0.3, 0.4) is 0 Å². The molecule has 8 heteroatoms. The zero-order chi connectivity index (χ0) is 21.4. The number of hydrogen-bond donors (Lipinski definition) is 1. The summed E-state index contributed by atoms with van der Waals surface area (Å²) in [6.45, 7) is 4.04. The first-order chi connectivity index (χ1) is 15.1. The largest absolute Gasteiger partial charge is 0.383 e. The van der Waals surface area contributed by atoms with Gasteiger partial charge in [-0.1, -0.05) is 42.5 Å². The number of benzene rings is 2. The minimum atomic E-state index is -0.319. The average Bonchev–Trinajstić information content (AvgIpc) is 3.09. The lowest BCUT2D eigenvalue weighted by molar-refractivity contribution is 0.311. The van der Waals surface area contributed by atoms with Gasteiger partial charge in [0, 0.05) is 31.7 Å². The number of fused-ring (bicyclic) bond motifs is 1. The maximum atomic E-state index is 14.0. The first-order valence-electron chi connectivity index (χ1n) is 10.4. The second-order valence-corrected chi connectivity index (χ2v) is 7.90. The van der Waals surface area contributed by atoms with Gasteiger partial charge < -0.3 is 15.5 Å². The van der Waals surface area contributed by atoms with Crippen molar-refractivity contribution in [2.24, 2.45) is 0 Å². The number of nitrogens with zero attached hydrogens (tertiary/aromatic N) is 6. The monoisotopic (exact) mass is 417 g/mol. The van der Waals surface area contributed by atoms with Crippen molar-refractivity contribution in [3.05, 3.63) is 66.0 Å². The quantitative estimate of drug-likeness (QED) is 0.550. The van der Waals surface area contributed by atoms with E-state index in [1.807, 2.05) is 36.4 Å². The van der Waals surface area contributed by atoms with Crippen LogP contribution in [0.5, 0.6) is 0 Å². The Morgan fingerprint density at radius 3 is 2.48 bits per heavy atom. The van der Waals surface area contributed by atoms with Gasteiger partial charge in [0.1, 0.15) is 11.6 Å². The van der Waals surface area contributed by atoms with Gasteiger partial charge in [0.05, 0.1) is 17.6 Å². The molecular weight excluding hydrogens is 393 g/mol. The van der Waals surface area contributed by atoms with Crippen molar-refractivity contribution in [3.8, 4) is 11.3 Å². The molecular formula is C23H24FN7. The average molecular weight is 417 g/mol. The van der Waals surface area contributed by atoms with Gasteiger partial charge in [0.25, 0.3) is 0 Å². The first-order valence-corrected chi connectivity index (χ1v) is 10.4. The predicted octanol–water partition coefficient (Wildman–Crippen LogP) is 3.01. The number of nitrogens with two attached hydrogens (primary N) is 1. The number of likely N-dealkylation sites (N-methyl/N-ethyl adjacent to an activating group) is 1. The van der Waals surface area contributed by atoms with E-state index in [1.165, 1.54) is 12.1 Å². The van der Waals surface area contributed by atoms with Gasteiger partial charge in [-0.25, -0.2) is 14.1 Å². The van der Waals surface area contributed by atoms with Crippen molar-refractivity contribution in [3.63, 3.8) is 0 Å². The van der Waals surface area contributed by atoms with Crippen LogP contribution >= 0.6 is 0 Å². The number of halogens is 1. The third-order valence-corrected chi connectivity index (χ3v) is 5.69. The highest BCUT2D eigenvalue weighted by Gasteiger charge is 2.23. The summed E-state index contributed by atoms with van der Waals surface area (Å²) in [5.74, 6) is 0.757. The number of rotatable bonds is 4. The zero-order valence-electron chi connectivity index (χ0n) is 17.4. The molecule has 2 aromatic carbocycles. The molecule has 7 nitrogen and oxygen atoms in total. The molecule has 2 aromatic heterocycles. The lowest BCUT2D eigenvalue weighted by atomic mass is 10.1. The van der Waals surface area contributed by atoms with Gasteiger partial charge in [0.15, 0.2) is 5.65 Å². The maximum absolute atomic E-state index is 14.0. The fourth-order valence-electron chi connectivity index (χ4n) is 3.91. The van der Waals surface area contributed by atoms with E-state index in [4.69, 9.17) is 20.8 Å². The molecule has 3 heterocycles. The summed E-state index contributed by atoms with van der Waals surface area (Å²) in [5, 5.41) is 5.35. The molecule has 0 unspecified atom stereocenters. The van der Waals surface area contributed by atoms with Gasteiger partial charge >= 0.3 is 0 Å². The summed E-state index contributed by atoms with van der Waals surface area (Å²) in [6, 6.07) is 16.4. The number of anilines is 2. The third kappa shape index (κ3) is 3.82. The highest BCUT2D eigenvalue weighted by atomic mass is 19.1. The molecule has 0 amide bonds. The Hall–Kier alpha value is -3.52. The second kappa shape index (κ2) is 7.96. The topological polar surface area (TPSA) is 76.1 Å². The van der Waals surface area contributed by atoms with Crippen molar-refractivity contribution in [1.29, 1.82) is 0 Å². The van der Waals surface area contributed by atoms with Crippen LogP contribution in [0.25, 0.3) is 22.3 Å². The van der Waals surface area contributed by atoms with E-state index in [1.54, 1.807) is 10.7 Å². The first kappa shape index (κ1) is 19.4. The Labute approximate surface area is 179 Å². The summed E-state index contributed by atoms with van der Waals surface area (Å²) < 4.78 is 15.8. The molecule has 0 radical (unpaired) electrons. The Balaban J connectivity index is 1.65. The number of piperazine rings is 1.